The first-order valence-electron chi connectivity index (χ1n) is 6.88. The van der Waals surface area contributed by atoms with Crippen molar-refractivity contribution in [3.63, 3.8) is 0 Å². The fourth-order valence-electron chi connectivity index (χ4n) is 2.31. The molecule has 4 nitrogen and oxygen atoms in total. The predicted molar refractivity (Wildman–Crippen MR) is 77.0 cm³/mol. The molecule has 19 heavy (non-hydrogen) atoms. The molecule has 1 aromatic rings. The second-order valence-corrected chi connectivity index (χ2v) is 5.20. The number of hydrogen-bond acceptors (Lipinski definition) is 3. The first kappa shape index (κ1) is 14.0. The van der Waals surface area contributed by atoms with Crippen molar-refractivity contribution in [2.24, 2.45) is 0 Å². The molecule has 0 bridgehead atoms. The predicted octanol–water partition coefficient (Wildman–Crippen LogP) is 0.859. The highest BCUT2D eigenvalue weighted by atomic mass is 16.2. The quantitative estimate of drug-likeness (QED) is 0.873. The fourth-order valence-corrected chi connectivity index (χ4v) is 2.31. The Balaban J connectivity index is 1.87. The van der Waals surface area contributed by atoms with Gasteiger partial charge in [-0.1, -0.05) is 24.3 Å². The van der Waals surface area contributed by atoms with Gasteiger partial charge in [-0.05, 0) is 18.1 Å². The summed E-state index contributed by atoms with van der Waals surface area (Å²) >= 11 is 0. The van der Waals surface area contributed by atoms with Crippen LogP contribution in [-0.2, 0) is 11.3 Å². The molecule has 0 aromatic heterocycles. The zero-order chi connectivity index (χ0) is 13.7. The normalized spacial score (nSPS) is 16.3. The summed E-state index contributed by atoms with van der Waals surface area (Å²) in [4.78, 5) is 16.2. The van der Waals surface area contributed by atoms with Crippen molar-refractivity contribution < 1.29 is 4.79 Å². The number of hydrogen-bond donors (Lipinski definition) is 1. The smallest absolute Gasteiger partial charge is 0.236 e. The number of carbonyl (C=O) groups excluding carboxylic acids is 1. The highest BCUT2D eigenvalue weighted by Crippen LogP contribution is 2.09. The van der Waals surface area contributed by atoms with E-state index in [9.17, 15) is 4.79 Å². The molecule has 1 fully saturated rings. The third-order valence-electron chi connectivity index (χ3n) is 3.66. The molecule has 0 atom stereocenters. The molecule has 2 rings (SSSR count). The maximum absolute atomic E-state index is 12.2. The van der Waals surface area contributed by atoms with Crippen molar-refractivity contribution in [3.05, 3.63) is 35.4 Å². The number of likely N-dealkylation sites (N-methyl/N-ethyl adjacent to an activating group) is 1. The van der Waals surface area contributed by atoms with E-state index in [2.05, 4.69) is 29.3 Å². The van der Waals surface area contributed by atoms with Crippen LogP contribution in [0.25, 0.3) is 0 Å². The number of nitrogens with one attached hydrogen (secondary N) is 1. The molecule has 0 radical (unpaired) electrons. The van der Waals surface area contributed by atoms with Gasteiger partial charge >= 0.3 is 0 Å². The SMILES string of the molecule is Cc1ccccc1CN(C)C(=O)CN1CCNCC1. The molecule has 0 unspecified atom stereocenters. The average Bonchev–Trinajstić information content (AvgIpc) is 2.42. The van der Waals surface area contributed by atoms with Crippen molar-refractivity contribution in [3.8, 4) is 0 Å². The minimum absolute atomic E-state index is 0.199. The van der Waals surface area contributed by atoms with Gasteiger partial charge in [0, 0.05) is 39.8 Å². The van der Waals surface area contributed by atoms with Crippen molar-refractivity contribution in [2.45, 2.75) is 13.5 Å². The van der Waals surface area contributed by atoms with Gasteiger partial charge in [0.1, 0.15) is 0 Å². The topological polar surface area (TPSA) is 35.6 Å². The summed E-state index contributed by atoms with van der Waals surface area (Å²) in [6, 6.07) is 8.23. The van der Waals surface area contributed by atoms with Crippen LogP contribution in [0.5, 0.6) is 0 Å². The summed E-state index contributed by atoms with van der Waals surface area (Å²) in [6.07, 6.45) is 0. The van der Waals surface area contributed by atoms with Crippen LogP contribution in [-0.4, -0.2) is 55.5 Å². The summed E-state index contributed by atoms with van der Waals surface area (Å²) < 4.78 is 0. The van der Waals surface area contributed by atoms with Crippen LogP contribution in [0, 0.1) is 6.92 Å². The second-order valence-electron chi connectivity index (χ2n) is 5.20. The van der Waals surface area contributed by atoms with Crippen LogP contribution in [0.4, 0.5) is 0 Å². The van der Waals surface area contributed by atoms with Gasteiger partial charge in [-0.25, -0.2) is 0 Å². The lowest BCUT2D eigenvalue weighted by molar-refractivity contribution is -0.131. The monoisotopic (exact) mass is 261 g/mol. The zero-order valence-corrected chi connectivity index (χ0v) is 11.9. The van der Waals surface area contributed by atoms with Crippen LogP contribution in [0.3, 0.4) is 0 Å². The minimum Gasteiger partial charge on any atom is -0.340 e. The molecule has 0 spiro atoms. The van der Waals surface area contributed by atoms with Gasteiger partial charge in [0.25, 0.3) is 0 Å². The second kappa shape index (κ2) is 6.68. The number of carbonyl (C=O) groups is 1. The van der Waals surface area contributed by atoms with Crippen LogP contribution in [0.15, 0.2) is 24.3 Å². The lowest BCUT2D eigenvalue weighted by Gasteiger charge is -2.28. The number of amides is 1. The van der Waals surface area contributed by atoms with Crippen molar-refractivity contribution in [1.82, 2.24) is 15.1 Å². The van der Waals surface area contributed by atoms with Gasteiger partial charge < -0.3 is 10.2 Å². The van der Waals surface area contributed by atoms with E-state index in [1.54, 1.807) is 0 Å². The van der Waals surface area contributed by atoms with Gasteiger partial charge in [-0.15, -0.1) is 0 Å². The van der Waals surface area contributed by atoms with Crippen molar-refractivity contribution in [2.75, 3.05) is 39.8 Å². The summed E-state index contributed by atoms with van der Waals surface area (Å²) in [6.45, 7) is 7.20. The van der Waals surface area contributed by atoms with E-state index in [0.717, 1.165) is 26.2 Å². The van der Waals surface area contributed by atoms with E-state index in [4.69, 9.17) is 0 Å². The Labute approximate surface area is 115 Å². The molecule has 104 valence electrons. The molecule has 1 N–H and O–H groups in total. The third kappa shape index (κ3) is 4.04. The van der Waals surface area contributed by atoms with Crippen LogP contribution in [0.1, 0.15) is 11.1 Å². The summed E-state index contributed by atoms with van der Waals surface area (Å²) in [5.41, 5.74) is 2.46. The molecule has 4 heteroatoms. The van der Waals surface area contributed by atoms with Gasteiger partial charge in [0.05, 0.1) is 6.54 Å². The fraction of sp³-hybridized carbons (Fsp3) is 0.533. The van der Waals surface area contributed by atoms with E-state index in [0.29, 0.717) is 13.1 Å². The Morgan fingerprint density at radius 3 is 2.68 bits per heavy atom. The molecule has 1 amide bonds. The number of rotatable bonds is 4. The molecule has 0 saturated carbocycles. The van der Waals surface area contributed by atoms with Gasteiger partial charge in [-0.2, -0.15) is 0 Å². The molecular weight excluding hydrogens is 238 g/mol. The van der Waals surface area contributed by atoms with E-state index in [1.165, 1.54) is 11.1 Å². The van der Waals surface area contributed by atoms with Crippen LogP contribution >= 0.6 is 0 Å². The van der Waals surface area contributed by atoms with Gasteiger partial charge in [0.2, 0.25) is 5.91 Å². The Morgan fingerprint density at radius 2 is 2.00 bits per heavy atom. The number of piperazine rings is 1. The molecule has 1 aliphatic heterocycles. The molecule has 1 saturated heterocycles. The Hall–Kier alpha value is -1.39. The lowest BCUT2D eigenvalue weighted by Crippen LogP contribution is -2.47. The van der Waals surface area contributed by atoms with Gasteiger partial charge in [0.15, 0.2) is 0 Å². The first-order valence-corrected chi connectivity index (χ1v) is 6.88. The first-order chi connectivity index (χ1) is 9.16. The molecular formula is C15H23N3O. The minimum atomic E-state index is 0.199. The number of benzene rings is 1. The Bertz CT molecular complexity index is 427. The third-order valence-corrected chi connectivity index (χ3v) is 3.66. The average molecular weight is 261 g/mol. The summed E-state index contributed by atoms with van der Waals surface area (Å²) in [7, 11) is 1.89. The van der Waals surface area contributed by atoms with E-state index < -0.39 is 0 Å². The maximum atomic E-state index is 12.2. The summed E-state index contributed by atoms with van der Waals surface area (Å²) in [5, 5.41) is 3.30. The number of nitrogens with zero attached hydrogens (tertiary/aromatic N) is 2. The zero-order valence-electron chi connectivity index (χ0n) is 11.9. The maximum Gasteiger partial charge on any atom is 0.236 e. The summed E-state index contributed by atoms with van der Waals surface area (Å²) in [5.74, 6) is 0.199. The van der Waals surface area contributed by atoms with Crippen molar-refractivity contribution >= 4 is 5.91 Å². The molecule has 0 aliphatic carbocycles. The number of aryl methyl sites for hydroxylation is 1. The highest BCUT2D eigenvalue weighted by molar-refractivity contribution is 5.78. The Kier molecular flexibility index (Phi) is 4.93. The van der Waals surface area contributed by atoms with Crippen LogP contribution in [0.2, 0.25) is 0 Å². The highest BCUT2D eigenvalue weighted by Gasteiger charge is 2.16. The molecule has 1 heterocycles. The Morgan fingerprint density at radius 1 is 1.32 bits per heavy atom. The van der Waals surface area contributed by atoms with Crippen molar-refractivity contribution in [1.29, 1.82) is 0 Å². The molecule has 1 aromatic carbocycles. The lowest BCUT2D eigenvalue weighted by atomic mass is 10.1. The van der Waals surface area contributed by atoms with E-state index >= 15 is 0 Å². The largest absolute Gasteiger partial charge is 0.340 e. The van der Waals surface area contributed by atoms with Crippen LogP contribution < -0.4 is 5.32 Å². The molecule has 1 aliphatic rings. The van der Waals surface area contributed by atoms with E-state index in [-0.39, 0.29) is 5.91 Å². The standard InChI is InChI=1S/C15H23N3O/c1-13-5-3-4-6-14(13)11-17(2)15(19)12-18-9-7-16-8-10-18/h3-6,16H,7-12H2,1-2H3. The van der Waals surface area contributed by atoms with E-state index in [1.807, 2.05) is 24.1 Å². The van der Waals surface area contributed by atoms with Gasteiger partial charge in [-0.3, -0.25) is 9.69 Å².